The van der Waals surface area contributed by atoms with E-state index < -0.39 is 6.04 Å². The minimum Gasteiger partial charge on any atom is -0.455 e. The van der Waals surface area contributed by atoms with E-state index in [9.17, 15) is 0 Å². The molecule has 0 unspecified atom stereocenters. The molecule has 1 nitrogen and oxygen atoms in total. The number of para-hydroxylation sites is 1. The van der Waals surface area contributed by atoms with Crippen molar-refractivity contribution in [1.82, 2.24) is 0 Å². The molecule has 218 valence electrons. The van der Waals surface area contributed by atoms with Crippen LogP contribution in [0.5, 0.6) is 0 Å². The Morgan fingerprint density at radius 2 is 0.894 bits per heavy atom. The molecule has 0 saturated carbocycles. The van der Waals surface area contributed by atoms with E-state index in [1.165, 1.54) is 0 Å². The second-order valence-corrected chi connectivity index (χ2v) is 11.9. The predicted octanol–water partition coefficient (Wildman–Crippen LogP) is 13.2. The summed E-state index contributed by atoms with van der Waals surface area (Å²) < 4.78 is 59.0. The van der Waals surface area contributed by atoms with Crippen molar-refractivity contribution in [2.75, 3.05) is 0 Å². The summed E-state index contributed by atoms with van der Waals surface area (Å²) in [7, 11) is 0. The third-order valence-corrected chi connectivity index (χ3v) is 9.40. The van der Waals surface area contributed by atoms with Crippen LogP contribution >= 0.6 is 0 Å². The Morgan fingerprint density at radius 3 is 1.53 bits per heavy atom. The van der Waals surface area contributed by atoms with Gasteiger partial charge in [-0.05, 0) is 77.5 Å². The highest BCUT2D eigenvalue weighted by atomic mass is 16.3. The normalized spacial score (nSPS) is 13.6. The van der Waals surface area contributed by atoms with Crippen LogP contribution in [0.4, 0.5) is 0 Å². The number of fused-ring (bicyclic) bond motifs is 7. The van der Waals surface area contributed by atoms with E-state index in [-0.39, 0.29) is 29.7 Å². The fourth-order valence-electron chi connectivity index (χ4n) is 7.52. The first-order valence-corrected chi connectivity index (χ1v) is 15.7. The van der Waals surface area contributed by atoms with Gasteiger partial charge in [0.1, 0.15) is 11.2 Å². The fourth-order valence-corrected chi connectivity index (χ4v) is 7.52. The lowest BCUT2D eigenvalue weighted by Crippen LogP contribution is -1.91. The summed E-state index contributed by atoms with van der Waals surface area (Å²) >= 11 is 0. The summed E-state index contributed by atoms with van der Waals surface area (Å²) in [4.78, 5) is 0. The molecule has 0 radical (unpaired) electrons. The highest BCUT2D eigenvalue weighted by Gasteiger charge is 2.22. The first-order valence-electron chi connectivity index (χ1n) is 18.7. The molecular formula is C46H28O. The average molecular weight is 603 g/mol. The van der Waals surface area contributed by atoms with E-state index in [1.807, 2.05) is 97.1 Å². The molecule has 1 heteroatoms. The van der Waals surface area contributed by atoms with Crippen molar-refractivity contribution in [2.24, 2.45) is 0 Å². The van der Waals surface area contributed by atoms with Crippen molar-refractivity contribution in [3.63, 3.8) is 0 Å². The quantitative estimate of drug-likeness (QED) is 0.183. The van der Waals surface area contributed by atoms with Crippen LogP contribution in [0.15, 0.2) is 174 Å². The lowest BCUT2D eigenvalue weighted by atomic mass is 9.85. The summed E-state index contributed by atoms with van der Waals surface area (Å²) in [5, 5.41) is 9.04. The number of rotatable bonds is 3. The van der Waals surface area contributed by atoms with Crippen molar-refractivity contribution in [3.8, 4) is 33.4 Å². The van der Waals surface area contributed by atoms with Gasteiger partial charge < -0.3 is 4.42 Å². The number of hydrogen-bond acceptors (Lipinski definition) is 1. The molecule has 0 N–H and O–H groups in total. The van der Waals surface area contributed by atoms with Crippen molar-refractivity contribution in [1.29, 1.82) is 0 Å². The van der Waals surface area contributed by atoms with E-state index in [0.717, 1.165) is 87.3 Å². The Bertz CT molecular complexity index is 3050. The molecule has 0 fully saturated rings. The van der Waals surface area contributed by atoms with Gasteiger partial charge in [-0.3, -0.25) is 0 Å². The van der Waals surface area contributed by atoms with Gasteiger partial charge in [-0.1, -0.05) is 158 Å². The van der Waals surface area contributed by atoms with Crippen LogP contribution in [0.25, 0.3) is 98.4 Å². The van der Waals surface area contributed by atoms with Crippen LogP contribution in [-0.2, 0) is 0 Å². The molecule has 0 amide bonds. The average Bonchev–Trinajstić information content (AvgIpc) is 3.59. The zero-order chi connectivity index (χ0) is 36.1. The lowest BCUT2D eigenvalue weighted by molar-refractivity contribution is 0.670. The number of benzene rings is 9. The molecule has 0 saturated heterocycles. The van der Waals surface area contributed by atoms with E-state index in [1.54, 1.807) is 0 Å². The van der Waals surface area contributed by atoms with Gasteiger partial charge in [0.2, 0.25) is 0 Å². The summed E-state index contributed by atoms with van der Waals surface area (Å²) in [6, 6.07) is 43.3. The van der Waals surface area contributed by atoms with Crippen LogP contribution in [0.3, 0.4) is 0 Å². The van der Waals surface area contributed by atoms with Gasteiger partial charge in [-0.2, -0.15) is 0 Å². The van der Waals surface area contributed by atoms with Crippen molar-refractivity contribution >= 4 is 65.0 Å². The van der Waals surface area contributed by atoms with Gasteiger partial charge in [-0.25, -0.2) is 0 Å². The van der Waals surface area contributed by atoms with Crippen LogP contribution < -0.4 is 0 Å². The summed E-state index contributed by atoms with van der Waals surface area (Å²) in [5.41, 5.74) is 6.20. The van der Waals surface area contributed by atoms with Gasteiger partial charge in [0.05, 0.1) is 8.22 Å². The second-order valence-electron chi connectivity index (χ2n) is 11.9. The van der Waals surface area contributed by atoms with E-state index in [2.05, 4.69) is 36.4 Å². The van der Waals surface area contributed by atoms with E-state index >= 15 is 0 Å². The van der Waals surface area contributed by atoms with Gasteiger partial charge >= 0.3 is 0 Å². The topological polar surface area (TPSA) is 13.1 Å². The molecule has 0 spiro atoms. The third-order valence-electron chi connectivity index (χ3n) is 9.40. The Balaban J connectivity index is 1.33. The molecule has 0 atom stereocenters. The molecule has 10 rings (SSSR count). The van der Waals surface area contributed by atoms with Crippen LogP contribution in [0.2, 0.25) is 0 Å². The minimum absolute atomic E-state index is 0.185. The molecule has 9 aromatic carbocycles. The molecular weight excluding hydrogens is 569 g/mol. The van der Waals surface area contributed by atoms with Gasteiger partial charge in [0.15, 0.2) is 0 Å². The Kier molecular flexibility index (Phi) is 4.49. The Hall–Kier alpha value is -6.18. The summed E-state index contributed by atoms with van der Waals surface area (Å²) in [5.74, 6) is 0. The van der Waals surface area contributed by atoms with E-state index in [0.29, 0.717) is 11.6 Å². The maximum absolute atomic E-state index is 9.05. The van der Waals surface area contributed by atoms with Crippen LogP contribution in [-0.4, -0.2) is 0 Å². The van der Waals surface area contributed by atoms with E-state index in [4.69, 9.17) is 12.6 Å². The first kappa shape index (κ1) is 20.8. The van der Waals surface area contributed by atoms with Gasteiger partial charge in [0, 0.05) is 21.9 Å². The molecule has 10 aromatic rings. The first-order chi connectivity index (χ1) is 25.8. The zero-order valence-corrected chi connectivity index (χ0v) is 25.1. The van der Waals surface area contributed by atoms with Crippen LogP contribution in [0.1, 0.15) is 8.22 Å². The molecule has 47 heavy (non-hydrogen) atoms. The maximum Gasteiger partial charge on any atom is 0.143 e. The molecule has 0 aliphatic heterocycles. The fraction of sp³-hybridized carbons (Fsp3) is 0. The number of hydrogen-bond donors (Lipinski definition) is 0. The molecule has 0 aliphatic rings. The third kappa shape index (κ3) is 3.84. The molecule has 0 bridgehead atoms. The van der Waals surface area contributed by atoms with Crippen LogP contribution in [0, 0.1) is 0 Å². The minimum atomic E-state index is -0.413. The molecule has 1 aromatic heterocycles. The summed E-state index contributed by atoms with van der Waals surface area (Å²) in [6.45, 7) is 0. The van der Waals surface area contributed by atoms with Crippen molar-refractivity contribution in [3.05, 3.63) is 170 Å². The Labute approximate surface area is 280 Å². The standard InChI is InChI=1S/C46H28O/c1-2-14-29(15-3-1)42-34-20-8-10-22-36(34)44(37-23-11-9-21-35(37)42)38-24-13-27-41-45(38)40-26-12-25-39(46(40)47-41)43-32-18-6-4-16-30(32)28-31-17-5-7-19-33(31)43/h1-28H/i1D,2D,3D,14D,15D,28D. The molecule has 1 heterocycles. The largest absolute Gasteiger partial charge is 0.455 e. The predicted molar refractivity (Wildman–Crippen MR) is 200 cm³/mol. The highest BCUT2D eigenvalue weighted by molar-refractivity contribution is 6.27. The van der Waals surface area contributed by atoms with Gasteiger partial charge in [-0.15, -0.1) is 0 Å². The lowest BCUT2D eigenvalue weighted by Gasteiger charge is -2.18. The monoisotopic (exact) mass is 602 g/mol. The summed E-state index contributed by atoms with van der Waals surface area (Å²) in [6.07, 6.45) is 0. The Morgan fingerprint density at radius 1 is 0.404 bits per heavy atom. The molecule has 0 aliphatic carbocycles. The number of furan rings is 1. The highest BCUT2D eigenvalue weighted by Crippen LogP contribution is 2.48. The smallest absolute Gasteiger partial charge is 0.143 e. The second kappa shape index (κ2) is 10.2. The zero-order valence-electron chi connectivity index (χ0n) is 31.1. The maximum atomic E-state index is 9.05. The van der Waals surface area contributed by atoms with Crippen molar-refractivity contribution in [2.45, 2.75) is 0 Å². The van der Waals surface area contributed by atoms with Gasteiger partial charge in [0.25, 0.3) is 0 Å². The van der Waals surface area contributed by atoms with Crippen molar-refractivity contribution < 1.29 is 12.6 Å². The SMILES string of the molecule is [2H]c1c([2H])c([2H])c(-c2c3ccccc3c(-c3cccc4oc5c(-c6c7ccccc7c([2H])c7ccccc67)cccc5c34)c3ccccc23)c([2H])c1[2H].